The second kappa shape index (κ2) is 5.61. The fraction of sp³-hybridized carbons (Fsp3) is 0. The lowest BCUT2D eigenvalue weighted by Crippen LogP contribution is -2.15. The molecule has 3 nitrogen and oxygen atoms in total. The molecule has 1 amide bonds. The summed E-state index contributed by atoms with van der Waals surface area (Å²) in [4.78, 5) is 16.1. The largest absolute Gasteiger partial charge is 0.351 e. The van der Waals surface area contributed by atoms with Crippen molar-refractivity contribution >= 4 is 40.4 Å². The average molecular weight is 303 g/mol. The molecule has 2 aromatic carbocycles. The van der Waals surface area contributed by atoms with E-state index >= 15 is 0 Å². The fourth-order valence-electron chi connectivity index (χ4n) is 1.87. The number of fused-ring (bicyclic) bond motifs is 1. The predicted molar refractivity (Wildman–Crippen MR) is 83.1 cm³/mol. The molecule has 5 heteroatoms. The third-order valence-electron chi connectivity index (χ3n) is 2.83. The number of aromatic amines is 1. The van der Waals surface area contributed by atoms with E-state index in [4.69, 9.17) is 11.6 Å². The predicted octanol–water partition coefficient (Wildman–Crippen LogP) is 4.26. The van der Waals surface area contributed by atoms with Gasteiger partial charge in [-0.2, -0.15) is 0 Å². The molecule has 0 saturated heterocycles. The molecule has 100 valence electrons. The lowest BCUT2D eigenvalue weighted by Gasteiger charge is -2.02. The van der Waals surface area contributed by atoms with E-state index in [9.17, 15) is 4.79 Å². The lowest BCUT2D eigenvalue weighted by molar-refractivity contribution is 0.0980. The van der Waals surface area contributed by atoms with Gasteiger partial charge in [-0.1, -0.05) is 29.8 Å². The molecule has 3 rings (SSSR count). The Morgan fingerprint density at radius 3 is 2.70 bits per heavy atom. The van der Waals surface area contributed by atoms with Crippen molar-refractivity contribution in [2.75, 3.05) is 0 Å². The first-order chi connectivity index (χ1) is 9.72. The molecule has 1 aromatic heterocycles. The monoisotopic (exact) mass is 302 g/mol. The minimum absolute atomic E-state index is 0.161. The molecule has 0 radical (unpaired) electrons. The lowest BCUT2D eigenvalue weighted by atomic mass is 10.2. The SMILES string of the molecule is O=C(NSc1ccccc1)c1cc2cc(Cl)ccc2[nH]1. The molecule has 0 fully saturated rings. The molecule has 0 aliphatic heterocycles. The van der Waals surface area contributed by atoms with Crippen LogP contribution in [0.25, 0.3) is 10.9 Å². The van der Waals surface area contributed by atoms with Crippen molar-refractivity contribution in [3.63, 3.8) is 0 Å². The van der Waals surface area contributed by atoms with Gasteiger partial charge in [0, 0.05) is 20.8 Å². The van der Waals surface area contributed by atoms with Gasteiger partial charge in [0.15, 0.2) is 0 Å². The first-order valence-corrected chi connectivity index (χ1v) is 7.22. The number of hydrogen-bond donors (Lipinski definition) is 2. The Labute approximate surface area is 125 Å². The fourth-order valence-corrected chi connectivity index (χ4v) is 2.67. The summed E-state index contributed by atoms with van der Waals surface area (Å²) in [5, 5.41) is 1.58. The van der Waals surface area contributed by atoms with Crippen LogP contribution in [-0.4, -0.2) is 10.9 Å². The van der Waals surface area contributed by atoms with Crippen LogP contribution in [-0.2, 0) is 0 Å². The number of amides is 1. The quantitative estimate of drug-likeness (QED) is 0.710. The summed E-state index contributed by atoms with van der Waals surface area (Å²) in [6, 6.07) is 17.0. The summed E-state index contributed by atoms with van der Waals surface area (Å²) in [5.41, 5.74) is 1.41. The van der Waals surface area contributed by atoms with Crippen molar-refractivity contribution in [2.45, 2.75) is 4.90 Å². The Morgan fingerprint density at radius 2 is 1.90 bits per heavy atom. The molecule has 2 N–H and O–H groups in total. The van der Waals surface area contributed by atoms with Gasteiger partial charge < -0.3 is 4.98 Å². The number of rotatable bonds is 3. The number of H-pyrrole nitrogens is 1. The number of hydrogen-bond acceptors (Lipinski definition) is 2. The van der Waals surface area contributed by atoms with Crippen molar-refractivity contribution in [1.29, 1.82) is 0 Å². The summed E-state index contributed by atoms with van der Waals surface area (Å²) >= 11 is 7.22. The van der Waals surface area contributed by atoms with Crippen LogP contribution >= 0.6 is 23.5 Å². The van der Waals surface area contributed by atoms with Crippen LogP contribution in [0.5, 0.6) is 0 Å². The molecule has 0 aliphatic carbocycles. The van der Waals surface area contributed by atoms with Crippen LogP contribution in [0.3, 0.4) is 0 Å². The number of carbonyl (C=O) groups excluding carboxylic acids is 1. The second-order valence-electron chi connectivity index (χ2n) is 4.26. The van der Waals surface area contributed by atoms with Crippen LogP contribution in [0, 0.1) is 0 Å². The van der Waals surface area contributed by atoms with Gasteiger partial charge in [0.2, 0.25) is 0 Å². The average Bonchev–Trinajstić information content (AvgIpc) is 2.89. The highest BCUT2D eigenvalue weighted by atomic mass is 35.5. The minimum Gasteiger partial charge on any atom is -0.351 e. The smallest absolute Gasteiger partial charge is 0.277 e. The van der Waals surface area contributed by atoms with Crippen molar-refractivity contribution in [2.24, 2.45) is 0 Å². The third-order valence-corrected chi connectivity index (χ3v) is 3.86. The van der Waals surface area contributed by atoms with Gasteiger partial charge >= 0.3 is 0 Å². The zero-order chi connectivity index (χ0) is 13.9. The number of carbonyl (C=O) groups is 1. The number of benzene rings is 2. The Balaban J connectivity index is 1.75. The Hall–Kier alpha value is -1.91. The number of aromatic nitrogens is 1. The highest BCUT2D eigenvalue weighted by Crippen LogP contribution is 2.21. The molecular weight excluding hydrogens is 292 g/mol. The Kier molecular flexibility index (Phi) is 3.67. The van der Waals surface area contributed by atoms with Gasteiger partial charge in [-0.15, -0.1) is 0 Å². The third kappa shape index (κ3) is 2.81. The Morgan fingerprint density at radius 1 is 1.10 bits per heavy atom. The van der Waals surface area contributed by atoms with Gasteiger partial charge in [-0.3, -0.25) is 9.52 Å². The van der Waals surface area contributed by atoms with Crippen LogP contribution in [0.1, 0.15) is 10.5 Å². The molecule has 0 aliphatic rings. The first-order valence-electron chi connectivity index (χ1n) is 6.03. The minimum atomic E-state index is -0.161. The van der Waals surface area contributed by atoms with Crippen molar-refractivity contribution in [3.05, 3.63) is 65.3 Å². The summed E-state index contributed by atoms with van der Waals surface area (Å²) in [7, 11) is 0. The summed E-state index contributed by atoms with van der Waals surface area (Å²) < 4.78 is 2.80. The normalized spacial score (nSPS) is 10.7. The van der Waals surface area contributed by atoms with Crippen molar-refractivity contribution in [1.82, 2.24) is 9.71 Å². The molecule has 0 unspecified atom stereocenters. The maximum absolute atomic E-state index is 12.1. The van der Waals surface area contributed by atoms with E-state index in [1.54, 1.807) is 12.1 Å². The highest BCUT2D eigenvalue weighted by Gasteiger charge is 2.09. The highest BCUT2D eigenvalue weighted by molar-refractivity contribution is 7.98. The standard InChI is InChI=1S/C15H11ClN2OS/c16-11-6-7-13-10(8-11)9-14(17-13)15(19)18-20-12-4-2-1-3-5-12/h1-9,17H,(H,18,19). The van der Waals surface area contributed by atoms with E-state index in [0.717, 1.165) is 15.8 Å². The van der Waals surface area contributed by atoms with E-state index in [0.29, 0.717) is 10.7 Å². The van der Waals surface area contributed by atoms with Gasteiger partial charge in [-0.25, -0.2) is 0 Å². The zero-order valence-corrected chi connectivity index (χ0v) is 12.0. The zero-order valence-electron chi connectivity index (χ0n) is 10.4. The van der Waals surface area contributed by atoms with Crippen LogP contribution in [0.15, 0.2) is 59.5 Å². The van der Waals surface area contributed by atoms with E-state index < -0.39 is 0 Å². The molecule has 0 bridgehead atoms. The van der Waals surface area contributed by atoms with Crippen molar-refractivity contribution < 1.29 is 4.79 Å². The van der Waals surface area contributed by atoms with E-state index in [1.807, 2.05) is 42.5 Å². The maximum atomic E-state index is 12.1. The van der Waals surface area contributed by atoms with Gasteiger partial charge in [0.25, 0.3) is 5.91 Å². The molecule has 0 saturated carbocycles. The van der Waals surface area contributed by atoms with Gasteiger partial charge in [0.1, 0.15) is 5.69 Å². The van der Waals surface area contributed by atoms with Crippen LogP contribution in [0.4, 0.5) is 0 Å². The van der Waals surface area contributed by atoms with Crippen molar-refractivity contribution in [3.8, 4) is 0 Å². The van der Waals surface area contributed by atoms with Crippen LogP contribution in [0.2, 0.25) is 5.02 Å². The second-order valence-corrected chi connectivity index (χ2v) is 5.58. The first kappa shape index (κ1) is 13.1. The van der Waals surface area contributed by atoms with E-state index in [1.165, 1.54) is 11.9 Å². The van der Waals surface area contributed by atoms with Gasteiger partial charge in [-0.05, 0) is 48.3 Å². The molecule has 1 heterocycles. The van der Waals surface area contributed by atoms with Crippen LogP contribution < -0.4 is 4.72 Å². The Bertz CT molecular complexity index is 755. The number of nitrogens with one attached hydrogen (secondary N) is 2. The molecule has 20 heavy (non-hydrogen) atoms. The molecule has 0 spiro atoms. The topological polar surface area (TPSA) is 44.9 Å². The molecule has 0 atom stereocenters. The summed E-state index contributed by atoms with van der Waals surface area (Å²) in [6.45, 7) is 0. The number of halogens is 1. The van der Waals surface area contributed by atoms with Gasteiger partial charge in [0.05, 0.1) is 0 Å². The summed E-state index contributed by atoms with van der Waals surface area (Å²) in [5.74, 6) is -0.161. The maximum Gasteiger partial charge on any atom is 0.277 e. The van der Waals surface area contributed by atoms with E-state index in [-0.39, 0.29) is 5.91 Å². The summed E-state index contributed by atoms with van der Waals surface area (Å²) in [6.07, 6.45) is 0. The molecular formula is C15H11ClN2OS. The molecule has 3 aromatic rings. The van der Waals surface area contributed by atoms with E-state index in [2.05, 4.69) is 9.71 Å².